The highest BCUT2D eigenvalue weighted by molar-refractivity contribution is 7.91. The van der Waals surface area contributed by atoms with E-state index in [0.29, 0.717) is 25.3 Å². The number of hydrogen-bond donors (Lipinski definition) is 1. The highest BCUT2D eigenvalue weighted by Crippen LogP contribution is 2.10. The number of nitrogens with one attached hydrogen (secondary N) is 1. The second kappa shape index (κ2) is 6.17. The minimum atomic E-state index is -3.03. The third-order valence-corrected chi connectivity index (χ3v) is 4.77. The molecule has 0 radical (unpaired) electrons. The van der Waals surface area contributed by atoms with Crippen LogP contribution >= 0.6 is 0 Å². The van der Waals surface area contributed by atoms with Gasteiger partial charge in [0, 0.05) is 19.6 Å². The van der Waals surface area contributed by atoms with E-state index in [9.17, 15) is 13.2 Å². The van der Waals surface area contributed by atoms with E-state index in [-0.39, 0.29) is 29.7 Å². The maximum absolute atomic E-state index is 12.3. The van der Waals surface area contributed by atoms with Crippen molar-refractivity contribution in [2.24, 2.45) is 0 Å². The molecule has 20 heavy (non-hydrogen) atoms. The van der Waals surface area contributed by atoms with Crippen LogP contribution in [0.5, 0.6) is 0 Å². The SMILES string of the molecule is CCNc1cncc(C(=O)N2CCCS(=O)(=O)CC2)n1. The fourth-order valence-corrected chi connectivity index (χ4v) is 3.31. The molecule has 2 rings (SSSR count). The Morgan fingerprint density at radius 3 is 2.90 bits per heavy atom. The summed E-state index contributed by atoms with van der Waals surface area (Å²) in [4.78, 5) is 22.0. The molecule has 8 heteroatoms. The molecule has 0 atom stereocenters. The molecule has 1 amide bonds. The van der Waals surface area contributed by atoms with Crippen LogP contribution in [-0.4, -0.2) is 60.3 Å². The van der Waals surface area contributed by atoms with Gasteiger partial charge in [-0.3, -0.25) is 9.78 Å². The molecule has 110 valence electrons. The van der Waals surface area contributed by atoms with Gasteiger partial charge in [-0.25, -0.2) is 13.4 Å². The largest absolute Gasteiger partial charge is 0.369 e. The molecule has 0 unspecified atom stereocenters. The fourth-order valence-electron chi connectivity index (χ4n) is 2.04. The summed E-state index contributed by atoms with van der Waals surface area (Å²) in [6, 6.07) is 0. The van der Waals surface area contributed by atoms with E-state index in [0.717, 1.165) is 0 Å². The van der Waals surface area contributed by atoms with Crippen molar-refractivity contribution in [3.8, 4) is 0 Å². The Morgan fingerprint density at radius 2 is 2.15 bits per heavy atom. The summed E-state index contributed by atoms with van der Waals surface area (Å²) < 4.78 is 23.1. The van der Waals surface area contributed by atoms with Crippen LogP contribution in [0, 0.1) is 0 Å². The predicted molar refractivity (Wildman–Crippen MR) is 75.4 cm³/mol. The van der Waals surface area contributed by atoms with Crippen molar-refractivity contribution in [3.05, 3.63) is 18.1 Å². The zero-order chi connectivity index (χ0) is 14.6. The first-order valence-electron chi connectivity index (χ1n) is 6.57. The van der Waals surface area contributed by atoms with Crippen LogP contribution in [0.3, 0.4) is 0 Å². The minimum absolute atomic E-state index is 0.0130. The van der Waals surface area contributed by atoms with Gasteiger partial charge in [0.1, 0.15) is 11.5 Å². The number of carbonyl (C=O) groups is 1. The smallest absolute Gasteiger partial charge is 0.274 e. The lowest BCUT2D eigenvalue weighted by atomic mass is 10.3. The van der Waals surface area contributed by atoms with Crippen LogP contribution in [0.25, 0.3) is 0 Å². The lowest BCUT2D eigenvalue weighted by Gasteiger charge is -2.19. The summed E-state index contributed by atoms with van der Waals surface area (Å²) in [5, 5.41) is 2.99. The van der Waals surface area contributed by atoms with Crippen molar-refractivity contribution in [2.75, 3.05) is 36.5 Å². The average Bonchev–Trinajstić information content (AvgIpc) is 2.60. The summed E-state index contributed by atoms with van der Waals surface area (Å²) >= 11 is 0. The molecule has 1 aliphatic heterocycles. The van der Waals surface area contributed by atoms with Gasteiger partial charge in [0.2, 0.25) is 0 Å². The van der Waals surface area contributed by atoms with Gasteiger partial charge in [-0.15, -0.1) is 0 Å². The van der Waals surface area contributed by atoms with E-state index in [2.05, 4.69) is 15.3 Å². The van der Waals surface area contributed by atoms with E-state index in [1.165, 1.54) is 11.1 Å². The molecule has 1 saturated heterocycles. The van der Waals surface area contributed by atoms with Crippen molar-refractivity contribution >= 4 is 21.6 Å². The summed E-state index contributed by atoms with van der Waals surface area (Å²) in [7, 11) is -3.03. The quantitative estimate of drug-likeness (QED) is 0.855. The summed E-state index contributed by atoms with van der Waals surface area (Å²) in [5.74, 6) is 0.425. The Balaban J connectivity index is 2.12. The van der Waals surface area contributed by atoms with E-state index in [1.807, 2.05) is 6.92 Å². The molecular formula is C12H18N4O3S. The zero-order valence-electron chi connectivity index (χ0n) is 11.4. The van der Waals surface area contributed by atoms with Gasteiger partial charge in [-0.2, -0.15) is 0 Å². The lowest BCUT2D eigenvalue weighted by Crippen LogP contribution is -2.34. The minimum Gasteiger partial charge on any atom is -0.369 e. The van der Waals surface area contributed by atoms with Crippen LogP contribution in [-0.2, 0) is 9.84 Å². The summed E-state index contributed by atoms with van der Waals surface area (Å²) in [6.45, 7) is 3.27. The number of anilines is 1. The predicted octanol–water partition coefficient (Wildman–Crippen LogP) is 0.169. The van der Waals surface area contributed by atoms with Crippen molar-refractivity contribution in [2.45, 2.75) is 13.3 Å². The second-order valence-electron chi connectivity index (χ2n) is 4.62. The maximum Gasteiger partial charge on any atom is 0.274 e. The third-order valence-electron chi connectivity index (χ3n) is 3.05. The highest BCUT2D eigenvalue weighted by Gasteiger charge is 2.24. The van der Waals surface area contributed by atoms with Gasteiger partial charge in [0.25, 0.3) is 5.91 Å². The molecule has 0 saturated carbocycles. The number of carbonyl (C=O) groups excluding carboxylic acids is 1. The van der Waals surface area contributed by atoms with Crippen LogP contribution in [0.2, 0.25) is 0 Å². The molecule has 0 aromatic carbocycles. The van der Waals surface area contributed by atoms with Crippen molar-refractivity contribution in [1.82, 2.24) is 14.9 Å². The van der Waals surface area contributed by atoms with Gasteiger partial charge in [-0.1, -0.05) is 0 Å². The van der Waals surface area contributed by atoms with Crippen LogP contribution in [0.15, 0.2) is 12.4 Å². The Kier molecular flexibility index (Phi) is 4.53. The number of rotatable bonds is 3. The third kappa shape index (κ3) is 3.66. The van der Waals surface area contributed by atoms with Crippen LogP contribution in [0.1, 0.15) is 23.8 Å². The molecule has 7 nitrogen and oxygen atoms in total. The number of sulfone groups is 1. The maximum atomic E-state index is 12.3. The topological polar surface area (TPSA) is 92.3 Å². The molecule has 1 aliphatic rings. The van der Waals surface area contributed by atoms with Gasteiger partial charge < -0.3 is 10.2 Å². The zero-order valence-corrected chi connectivity index (χ0v) is 12.2. The normalized spacial score (nSPS) is 18.4. The first-order chi connectivity index (χ1) is 9.52. The van der Waals surface area contributed by atoms with E-state index >= 15 is 0 Å². The number of amides is 1. The number of hydrogen-bond acceptors (Lipinski definition) is 6. The molecule has 1 aromatic heterocycles. The Bertz CT molecular complexity index is 588. The Hall–Kier alpha value is -1.70. The van der Waals surface area contributed by atoms with Gasteiger partial charge in [-0.05, 0) is 13.3 Å². The molecule has 0 aliphatic carbocycles. The van der Waals surface area contributed by atoms with Gasteiger partial charge in [0.15, 0.2) is 9.84 Å². The Morgan fingerprint density at radius 1 is 1.35 bits per heavy atom. The molecule has 0 bridgehead atoms. The van der Waals surface area contributed by atoms with Gasteiger partial charge in [0.05, 0.1) is 23.9 Å². The molecular weight excluding hydrogens is 280 g/mol. The standard InChI is InChI=1S/C12H18N4O3S/c1-2-14-11-9-13-8-10(15-11)12(17)16-4-3-6-20(18,19)7-5-16/h8-9H,2-7H2,1H3,(H,14,15). The fraction of sp³-hybridized carbons (Fsp3) is 0.583. The van der Waals surface area contributed by atoms with Crippen molar-refractivity contribution in [1.29, 1.82) is 0 Å². The average molecular weight is 298 g/mol. The molecule has 0 spiro atoms. The first kappa shape index (κ1) is 14.7. The molecule has 1 fully saturated rings. The Labute approximate surface area is 118 Å². The molecule has 2 heterocycles. The second-order valence-corrected chi connectivity index (χ2v) is 6.92. The number of nitrogens with zero attached hydrogens (tertiary/aromatic N) is 3. The number of aromatic nitrogens is 2. The van der Waals surface area contributed by atoms with Crippen molar-refractivity contribution < 1.29 is 13.2 Å². The van der Waals surface area contributed by atoms with E-state index in [4.69, 9.17) is 0 Å². The van der Waals surface area contributed by atoms with E-state index in [1.54, 1.807) is 6.20 Å². The van der Waals surface area contributed by atoms with Crippen LogP contribution in [0.4, 0.5) is 5.82 Å². The summed E-state index contributed by atoms with van der Waals surface area (Å²) in [5.41, 5.74) is 0.239. The van der Waals surface area contributed by atoms with Gasteiger partial charge >= 0.3 is 0 Å². The monoisotopic (exact) mass is 298 g/mol. The first-order valence-corrected chi connectivity index (χ1v) is 8.39. The molecule has 1 aromatic rings. The highest BCUT2D eigenvalue weighted by atomic mass is 32.2. The van der Waals surface area contributed by atoms with E-state index < -0.39 is 9.84 Å². The van der Waals surface area contributed by atoms with Crippen LogP contribution < -0.4 is 5.32 Å². The lowest BCUT2D eigenvalue weighted by molar-refractivity contribution is 0.0762. The van der Waals surface area contributed by atoms with Crippen molar-refractivity contribution in [3.63, 3.8) is 0 Å². The summed E-state index contributed by atoms with van der Waals surface area (Å²) in [6.07, 6.45) is 3.42. The molecule has 1 N–H and O–H groups in total.